The molecule has 0 spiro atoms. The van der Waals surface area contributed by atoms with Crippen molar-refractivity contribution in [1.29, 1.82) is 0 Å². The van der Waals surface area contributed by atoms with Gasteiger partial charge < -0.3 is 14.9 Å². The molecule has 1 aliphatic heterocycles. The zero-order valence-corrected chi connectivity index (χ0v) is 25.8. The lowest BCUT2D eigenvalue weighted by atomic mass is 9.91. The van der Waals surface area contributed by atoms with Crippen LogP contribution in [0.5, 0.6) is 5.75 Å². The molecule has 2 aromatic carbocycles. The van der Waals surface area contributed by atoms with Gasteiger partial charge in [0, 0.05) is 35.3 Å². The Balaban J connectivity index is 1.47. The summed E-state index contributed by atoms with van der Waals surface area (Å²) >= 11 is 0. The molecule has 2 heterocycles. The Morgan fingerprint density at radius 2 is 1.71 bits per heavy atom. The lowest BCUT2D eigenvalue weighted by molar-refractivity contribution is -0.208. The summed E-state index contributed by atoms with van der Waals surface area (Å²) in [5.74, 6) is -5.15. The fraction of sp³-hybridized carbons (Fsp3) is 0.400. The van der Waals surface area contributed by atoms with Gasteiger partial charge in [-0.2, -0.15) is 23.0 Å². The van der Waals surface area contributed by atoms with Crippen molar-refractivity contribution in [3.63, 3.8) is 0 Å². The first-order valence-electron chi connectivity index (χ1n) is 13.9. The van der Waals surface area contributed by atoms with E-state index in [1.165, 1.54) is 38.4 Å². The molecule has 0 saturated carbocycles. The van der Waals surface area contributed by atoms with Gasteiger partial charge in [-0.1, -0.05) is 18.2 Å². The molecule has 45 heavy (non-hydrogen) atoms. The first kappa shape index (κ1) is 33.6. The molecule has 2 atom stereocenters. The summed E-state index contributed by atoms with van der Waals surface area (Å²) in [4.78, 5) is 45.4. The molecule has 4 rings (SSSR count). The van der Waals surface area contributed by atoms with Crippen LogP contribution in [0.2, 0.25) is 0 Å². The Labute approximate surface area is 258 Å². The number of benzene rings is 2. The topological polar surface area (TPSA) is 144 Å². The van der Waals surface area contributed by atoms with Crippen molar-refractivity contribution in [2.75, 3.05) is 13.1 Å². The average Bonchev–Trinajstić information content (AvgIpc) is 2.97. The predicted octanol–water partition coefficient (Wildman–Crippen LogP) is 3.81. The van der Waals surface area contributed by atoms with Crippen LogP contribution in [-0.2, 0) is 31.1 Å². The number of amides is 2. The third-order valence-electron chi connectivity index (χ3n) is 7.26. The van der Waals surface area contributed by atoms with Crippen molar-refractivity contribution in [3.8, 4) is 5.75 Å². The number of sulfonamides is 1. The number of hydroxylamine groups is 1. The number of carbonyl (C=O) groups excluding carboxylic acids is 3. The zero-order chi connectivity index (χ0) is 33.2. The summed E-state index contributed by atoms with van der Waals surface area (Å²) in [6.07, 6.45) is -5.50. The van der Waals surface area contributed by atoms with E-state index in [0.29, 0.717) is 5.75 Å². The summed E-state index contributed by atoms with van der Waals surface area (Å²) in [6.45, 7) is 6.13. The maximum absolute atomic E-state index is 13.2. The van der Waals surface area contributed by atoms with Gasteiger partial charge >= 0.3 is 12.1 Å². The quantitative estimate of drug-likeness (QED) is 0.368. The van der Waals surface area contributed by atoms with Gasteiger partial charge in [0.15, 0.2) is 0 Å². The first-order valence-corrected chi connectivity index (χ1v) is 15.4. The monoisotopic (exact) mass is 650 g/mol. The number of halogens is 3. The number of para-hydroxylation sites is 1. The highest BCUT2D eigenvalue weighted by Crippen LogP contribution is 2.28. The van der Waals surface area contributed by atoms with Gasteiger partial charge in [0.05, 0.1) is 22.2 Å². The Hall–Kier alpha value is -4.24. The number of alkyl halides is 3. The number of aromatic nitrogens is 1. The smallest absolute Gasteiger partial charge is 0.489 e. The molecule has 2 amide bonds. The maximum Gasteiger partial charge on any atom is 0.493 e. The van der Waals surface area contributed by atoms with Crippen LogP contribution in [0.1, 0.15) is 48.8 Å². The molecular weight excluding hydrogens is 617 g/mol. The fourth-order valence-electron chi connectivity index (χ4n) is 4.85. The van der Waals surface area contributed by atoms with Gasteiger partial charge in [-0.3, -0.25) is 14.6 Å². The Kier molecular flexibility index (Phi) is 9.73. The van der Waals surface area contributed by atoms with E-state index in [1.807, 2.05) is 37.3 Å². The molecule has 3 aromatic rings. The Bertz CT molecular complexity index is 1690. The van der Waals surface area contributed by atoms with Crippen molar-refractivity contribution in [3.05, 3.63) is 71.4 Å². The SMILES string of the molecule is Cc1cc(COc2ccc(C(=O)N[C@@H]3CN(S(=O)(=O)C(C)(C)C)CC[C@@H]3C(=O)NOC(=O)C(F)(F)F)cc2)c2ccccc2n1. The first-order chi connectivity index (χ1) is 21.0. The number of carbonyl (C=O) groups is 3. The third kappa shape index (κ3) is 7.89. The molecule has 11 nitrogen and oxygen atoms in total. The zero-order valence-electron chi connectivity index (χ0n) is 25.0. The van der Waals surface area contributed by atoms with Gasteiger partial charge in [0.2, 0.25) is 10.0 Å². The molecular formula is C30H33F3N4O7S. The van der Waals surface area contributed by atoms with Crippen molar-refractivity contribution in [2.24, 2.45) is 5.92 Å². The van der Waals surface area contributed by atoms with Gasteiger partial charge in [0.1, 0.15) is 12.4 Å². The minimum atomic E-state index is -5.34. The van der Waals surface area contributed by atoms with Gasteiger partial charge in [-0.25, -0.2) is 13.2 Å². The number of hydrogen-bond donors (Lipinski definition) is 2. The lowest BCUT2D eigenvalue weighted by Gasteiger charge is -2.39. The van der Waals surface area contributed by atoms with E-state index < -0.39 is 50.7 Å². The van der Waals surface area contributed by atoms with E-state index >= 15 is 0 Å². The highest BCUT2D eigenvalue weighted by atomic mass is 32.2. The largest absolute Gasteiger partial charge is 0.493 e. The minimum absolute atomic E-state index is 0.143. The normalized spacial score (nSPS) is 17.8. The number of rotatable bonds is 7. The second kappa shape index (κ2) is 13.0. The minimum Gasteiger partial charge on any atom is -0.489 e. The summed E-state index contributed by atoms with van der Waals surface area (Å²) in [5, 5.41) is 3.57. The Morgan fingerprint density at radius 1 is 1.04 bits per heavy atom. The van der Waals surface area contributed by atoms with E-state index in [-0.39, 0.29) is 31.7 Å². The third-order valence-corrected chi connectivity index (χ3v) is 9.82. The summed E-state index contributed by atoms with van der Waals surface area (Å²) in [7, 11) is -3.88. The molecule has 0 unspecified atom stereocenters. The summed E-state index contributed by atoms with van der Waals surface area (Å²) in [5.41, 5.74) is 4.25. The van der Waals surface area contributed by atoms with Crippen molar-refractivity contribution in [1.82, 2.24) is 20.1 Å². The van der Waals surface area contributed by atoms with Crippen LogP contribution < -0.4 is 15.5 Å². The van der Waals surface area contributed by atoms with E-state index in [1.54, 1.807) is 12.1 Å². The molecule has 242 valence electrons. The van der Waals surface area contributed by atoms with Crippen LogP contribution in [0.25, 0.3) is 10.9 Å². The fourth-order valence-corrected chi connectivity index (χ4v) is 6.32. The van der Waals surface area contributed by atoms with Gasteiger partial charge in [0.25, 0.3) is 11.8 Å². The van der Waals surface area contributed by atoms with Crippen LogP contribution in [0.4, 0.5) is 13.2 Å². The number of piperidine rings is 1. The van der Waals surface area contributed by atoms with Crippen molar-refractivity contribution >= 4 is 38.7 Å². The number of aryl methyl sites for hydroxylation is 1. The van der Waals surface area contributed by atoms with E-state index in [9.17, 15) is 36.0 Å². The van der Waals surface area contributed by atoms with Crippen molar-refractivity contribution < 1.29 is 45.5 Å². The number of hydrogen-bond acceptors (Lipinski definition) is 8. The lowest BCUT2D eigenvalue weighted by Crippen LogP contribution is -2.59. The van der Waals surface area contributed by atoms with E-state index in [4.69, 9.17) is 4.74 Å². The molecule has 0 radical (unpaired) electrons. The highest BCUT2D eigenvalue weighted by Gasteiger charge is 2.45. The highest BCUT2D eigenvalue weighted by molar-refractivity contribution is 7.90. The van der Waals surface area contributed by atoms with Crippen LogP contribution >= 0.6 is 0 Å². The van der Waals surface area contributed by atoms with Crippen LogP contribution in [0.15, 0.2) is 54.6 Å². The second-order valence-electron chi connectivity index (χ2n) is 11.6. The van der Waals surface area contributed by atoms with Gasteiger partial charge in [-0.05, 0) is 70.5 Å². The number of fused-ring (bicyclic) bond motifs is 1. The molecule has 2 N–H and O–H groups in total. The number of ether oxygens (including phenoxy) is 1. The number of pyridine rings is 1. The molecule has 0 aliphatic carbocycles. The van der Waals surface area contributed by atoms with E-state index in [2.05, 4.69) is 15.1 Å². The predicted molar refractivity (Wildman–Crippen MR) is 157 cm³/mol. The molecule has 1 fully saturated rings. The molecule has 1 aromatic heterocycles. The van der Waals surface area contributed by atoms with Crippen LogP contribution in [0, 0.1) is 12.8 Å². The Morgan fingerprint density at radius 3 is 2.36 bits per heavy atom. The number of nitrogens with one attached hydrogen (secondary N) is 2. The molecule has 1 saturated heterocycles. The van der Waals surface area contributed by atoms with Gasteiger partial charge in [-0.15, -0.1) is 0 Å². The molecule has 15 heteroatoms. The van der Waals surface area contributed by atoms with Crippen molar-refractivity contribution in [2.45, 2.75) is 57.7 Å². The second-order valence-corrected chi connectivity index (χ2v) is 14.2. The molecule has 0 bridgehead atoms. The van der Waals surface area contributed by atoms with E-state index in [0.717, 1.165) is 26.5 Å². The average molecular weight is 651 g/mol. The van der Waals surface area contributed by atoms with Crippen LogP contribution in [-0.4, -0.2) is 65.5 Å². The maximum atomic E-state index is 13.2. The summed E-state index contributed by atoms with van der Waals surface area (Å²) < 4.78 is 69.7. The summed E-state index contributed by atoms with van der Waals surface area (Å²) in [6, 6.07) is 14.5. The van der Waals surface area contributed by atoms with Crippen LogP contribution in [0.3, 0.4) is 0 Å². The number of nitrogens with zero attached hydrogens (tertiary/aromatic N) is 2. The molecule has 1 aliphatic rings. The standard InChI is InChI=1S/C30H33F3N4O7S/c1-18-15-20(22-7-5-6-8-24(22)34-18)17-43-21-11-9-19(10-12-21)26(38)35-25-16-37(45(41,42)29(2,3)4)14-13-23(25)27(39)36-44-28(40)30(31,32)33/h5-12,15,23,25H,13-14,16-17H2,1-4H3,(H,35,38)(H,36,39)/t23-,25+/m0/s1.